The van der Waals surface area contributed by atoms with E-state index in [4.69, 9.17) is 9.40 Å². The number of thiophene rings is 1. The molecule has 0 fully saturated rings. The van der Waals surface area contributed by atoms with E-state index in [2.05, 4.69) is 174 Å². The van der Waals surface area contributed by atoms with E-state index in [0.717, 1.165) is 62.0 Å². The molecule has 0 saturated heterocycles. The normalized spacial score (nSPS) is 13.7. The molecule has 1 aliphatic carbocycles. The highest BCUT2D eigenvalue weighted by Gasteiger charge is 2.32. The van der Waals surface area contributed by atoms with Crippen LogP contribution in [0.2, 0.25) is 0 Å². The SMILES string of the molecule is c1ccc(-n2c(-c3ccc(-c4cccc5oc6c(CC7c8ccccc8-c8c7ccc7c8sc8ccccc87)cccc6c45)cc3)nc3ccccc32)cc1. The maximum Gasteiger partial charge on any atom is 0.145 e. The van der Waals surface area contributed by atoms with Crippen LogP contribution >= 0.6 is 11.3 Å². The molecule has 0 radical (unpaired) electrons. The molecule has 0 saturated carbocycles. The molecule has 0 spiro atoms. The monoisotopic (exact) mass is 720 g/mol. The average Bonchev–Trinajstić information content (AvgIpc) is 4.01. The predicted molar refractivity (Wildman–Crippen MR) is 230 cm³/mol. The molecule has 4 heteroatoms. The lowest BCUT2D eigenvalue weighted by Crippen LogP contribution is -2.01. The molecular weight excluding hydrogens is 689 g/mol. The minimum atomic E-state index is 0.242. The van der Waals surface area contributed by atoms with E-state index in [0.29, 0.717) is 0 Å². The van der Waals surface area contributed by atoms with Crippen molar-refractivity contribution in [2.24, 2.45) is 0 Å². The third kappa shape index (κ3) is 4.59. The Kier molecular flexibility index (Phi) is 6.63. The third-order valence-corrected chi connectivity index (χ3v) is 12.8. The fraction of sp³-hybridized carbons (Fsp3) is 0.0392. The van der Waals surface area contributed by atoms with E-state index in [9.17, 15) is 0 Å². The predicted octanol–water partition coefficient (Wildman–Crippen LogP) is 14.0. The van der Waals surface area contributed by atoms with Crippen molar-refractivity contribution in [3.63, 3.8) is 0 Å². The molecule has 3 aromatic heterocycles. The van der Waals surface area contributed by atoms with Crippen LogP contribution in [0.15, 0.2) is 180 Å². The highest BCUT2D eigenvalue weighted by atomic mass is 32.1. The van der Waals surface area contributed by atoms with Crippen LogP contribution in [0.1, 0.15) is 22.6 Å². The van der Waals surface area contributed by atoms with Gasteiger partial charge >= 0.3 is 0 Å². The smallest absolute Gasteiger partial charge is 0.145 e. The van der Waals surface area contributed by atoms with Crippen LogP contribution in [0.4, 0.5) is 0 Å². The molecule has 55 heavy (non-hydrogen) atoms. The summed E-state index contributed by atoms with van der Waals surface area (Å²) in [5, 5.41) is 5.01. The zero-order chi connectivity index (χ0) is 36.0. The molecule has 1 atom stereocenters. The Hall–Kier alpha value is -6.75. The van der Waals surface area contributed by atoms with Gasteiger partial charge in [0.1, 0.15) is 17.0 Å². The number of para-hydroxylation sites is 4. The van der Waals surface area contributed by atoms with Crippen LogP contribution in [-0.4, -0.2) is 9.55 Å². The van der Waals surface area contributed by atoms with E-state index < -0.39 is 0 Å². The van der Waals surface area contributed by atoms with Gasteiger partial charge in [-0.2, -0.15) is 0 Å². The summed E-state index contributed by atoms with van der Waals surface area (Å²) in [7, 11) is 0. The first kappa shape index (κ1) is 30.7. The highest BCUT2D eigenvalue weighted by Crippen LogP contribution is 2.52. The second-order valence-corrected chi connectivity index (χ2v) is 15.6. The average molecular weight is 721 g/mol. The van der Waals surface area contributed by atoms with Crippen LogP contribution in [0, 0.1) is 0 Å². The number of aromatic nitrogens is 2. The van der Waals surface area contributed by atoms with E-state index in [-0.39, 0.29) is 5.92 Å². The lowest BCUT2D eigenvalue weighted by molar-refractivity contribution is 0.659. The van der Waals surface area contributed by atoms with Gasteiger partial charge in [0.15, 0.2) is 0 Å². The summed E-state index contributed by atoms with van der Waals surface area (Å²) in [6.45, 7) is 0. The van der Waals surface area contributed by atoms with Crippen LogP contribution in [-0.2, 0) is 6.42 Å². The number of nitrogens with zero attached hydrogens (tertiary/aromatic N) is 2. The van der Waals surface area contributed by atoms with Crippen molar-refractivity contribution in [3.05, 3.63) is 193 Å². The Balaban J connectivity index is 0.954. The first-order valence-electron chi connectivity index (χ1n) is 18.9. The van der Waals surface area contributed by atoms with Gasteiger partial charge in [-0.1, -0.05) is 140 Å². The molecule has 258 valence electrons. The first-order chi connectivity index (χ1) is 27.3. The zero-order valence-electron chi connectivity index (χ0n) is 29.7. The summed E-state index contributed by atoms with van der Waals surface area (Å²) in [6.07, 6.45) is 0.865. The molecule has 1 aliphatic rings. The Labute approximate surface area is 321 Å². The van der Waals surface area contributed by atoms with Gasteiger partial charge in [0.2, 0.25) is 0 Å². The topological polar surface area (TPSA) is 31.0 Å². The number of hydrogen-bond donors (Lipinski definition) is 0. The summed E-state index contributed by atoms with van der Waals surface area (Å²) >= 11 is 1.92. The Morgan fingerprint density at radius 1 is 0.564 bits per heavy atom. The summed E-state index contributed by atoms with van der Waals surface area (Å²) in [6, 6.07) is 63.4. The molecule has 0 aliphatic heterocycles. The van der Waals surface area contributed by atoms with Gasteiger partial charge in [-0.05, 0) is 76.2 Å². The first-order valence-corrected chi connectivity index (χ1v) is 19.7. The van der Waals surface area contributed by atoms with Crippen LogP contribution in [0.5, 0.6) is 0 Å². The van der Waals surface area contributed by atoms with Crippen molar-refractivity contribution in [3.8, 4) is 39.3 Å². The third-order valence-electron chi connectivity index (χ3n) is 11.6. The van der Waals surface area contributed by atoms with Gasteiger partial charge < -0.3 is 4.42 Å². The second-order valence-electron chi connectivity index (χ2n) is 14.6. The molecule has 11 aromatic rings. The van der Waals surface area contributed by atoms with Crippen molar-refractivity contribution < 1.29 is 4.42 Å². The van der Waals surface area contributed by atoms with Crippen molar-refractivity contribution in [2.45, 2.75) is 12.3 Å². The maximum atomic E-state index is 6.82. The fourth-order valence-corrected chi connectivity index (χ4v) is 10.4. The Morgan fingerprint density at radius 3 is 2.24 bits per heavy atom. The van der Waals surface area contributed by atoms with Gasteiger partial charge in [-0.25, -0.2) is 4.98 Å². The molecule has 3 heterocycles. The van der Waals surface area contributed by atoms with Crippen molar-refractivity contribution in [1.29, 1.82) is 0 Å². The number of hydrogen-bond acceptors (Lipinski definition) is 3. The maximum absolute atomic E-state index is 6.82. The number of rotatable bonds is 5. The highest BCUT2D eigenvalue weighted by molar-refractivity contribution is 7.26. The summed E-state index contributed by atoms with van der Waals surface area (Å²) in [5.74, 6) is 1.17. The van der Waals surface area contributed by atoms with Crippen LogP contribution < -0.4 is 0 Å². The van der Waals surface area contributed by atoms with Crippen molar-refractivity contribution >= 4 is 64.5 Å². The van der Waals surface area contributed by atoms with Crippen LogP contribution in [0.25, 0.3) is 92.5 Å². The minimum absolute atomic E-state index is 0.242. The van der Waals surface area contributed by atoms with E-state index in [1.54, 1.807) is 0 Å². The van der Waals surface area contributed by atoms with Crippen molar-refractivity contribution in [2.75, 3.05) is 0 Å². The van der Waals surface area contributed by atoms with Gasteiger partial charge in [-0.3, -0.25) is 4.57 Å². The zero-order valence-corrected chi connectivity index (χ0v) is 30.6. The Bertz CT molecular complexity index is 3290. The van der Waals surface area contributed by atoms with Gasteiger partial charge in [0, 0.05) is 53.7 Å². The summed E-state index contributed by atoms with van der Waals surface area (Å²) < 4.78 is 11.8. The molecule has 0 N–H and O–H groups in total. The molecule has 12 rings (SSSR count). The molecule has 0 amide bonds. The standard InChI is InChI=1S/C51H32N2OS/c1-2-13-34(14-3-1)53-44-21-8-7-20-43(44)52-51(53)32-26-24-31(25-27-32)35-18-11-22-45-47(35)41-19-10-12-33(49(41)54-45)30-42-36-15-4-5-17-38(36)48-39(42)28-29-40-37-16-6-9-23-46(37)55-50(40)48/h1-29,42H,30H2. The quantitative estimate of drug-likeness (QED) is 0.177. The second kappa shape index (κ2) is 11.9. The van der Waals surface area contributed by atoms with E-state index in [1.165, 1.54) is 53.6 Å². The van der Waals surface area contributed by atoms with Crippen molar-refractivity contribution in [1.82, 2.24) is 9.55 Å². The fourth-order valence-electron chi connectivity index (χ4n) is 9.17. The largest absolute Gasteiger partial charge is 0.456 e. The molecule has 3 nitrogen and oxygen atoms in total. The molecule has 0 bridgehead atoms. The van der Waals surface area contributed by atoms with Gasteiger partial charge in [0.25, 0.3) is 0 Å². The lowest BCUT2D eigenvalue weighted by atomic mass is 9.89. The number of imidazole rings is 1. The number of benzene rings is 8. The summed E-state index contributed by atoms with van der Waals surface area (Å²) in [4.78, 5) is 5.10. The van der Waals surface area contributed by atoms with E-state index in [1.807, 2.05) is 17.4 Å². The Morgan fingerprint density at radius 2 is 1.31 bits per heavy atom. The molecule has 8 aromatic carbocycles. The number of fused-ring (bicyclic) bond motifs is 11. The number of furan rings is 1. The molecule has 1 unspecified atom stereocenters. The van der Waals surface area contributed by atoms with Crippen LogP contribution in [0.3, 0.4) is 0 Å². The summed E-state index contributed by atoms with van der Waals surface area (Å²) in [5.41, 5.74) is 15.3. The van der Waals surface area contributed by atoms with E-state index >= 15 is 0 Å². The van der Waals surface area contributed by atoms with Gasteiger partial charge in [0.05, 0.1) is 11.0 Å². The molecular formula is C51H32N2OS. The minimum Gasteiger partial charge on any atom is -0.456 e. The van der Waals surface area contributed by atoms with Gasteiger partial charge in [-0.15, -0.1) is 11.3 Å². The lowest BCUT2D eigenvalue weighted by Gasteiger charge is -2.14.